The van der Waals surface area contributed by atoms with Gasteiger partial charge in [-0.15, -0.1) is 12.4 Å². The number of hydrogen-bond donors (Lipinski definition) is 3. The monoisotopic (exact) mass is 294 g/mol. The molecule has 1 saturated heterocycles. The van der Waals surface area contributed by atoms with E-state index < -0.39 is 0 Å². The van der Waals surface area contributed by atoms with Crippen LogP contribution in [0.4, 0.5) is 5.69 Å². The van der Waals surface area contributed by atoms with Crippen molar-refractivity contribution in [2.45, 2.75) is 19.3 Å². The molecule has 0 spiro atoms. The molecule has 6 heteroatoms. The van der Waals surface area contributed by atoms with Crippen molar-refractivity contribution in [3.63, 3.8) is 0 Å². The molecule has 0 saturated carbocycles. The number of carbonyl (C=O) groups is 1. The number of anilines is 1. The Balaban J connectivity index is 0.00000147. The number of aromatic nitrogens is 2. The van der Waals surface area contributed by atoms with Crippen molar-refractivity contribution in [2.75, 3.05) is 18.4 Å². The van der Waals surface area contributed by atoms with E-state index in [9.17, 15) is 4.79 Å². The summed E-state index contributed by atoms with van der Waals surface area (Å²) in [5.74, 6) is 0.614. The first-order valence-electron chi connectivity index (χ1n) is 6.75. The van der Waals surface area contributed by atoms with Gasteiger partial charge in [-0.2, -0.15) is 5.10 Å². The zero-order chi connectivity index (χ0) is 13.1. The van der Waals surface area contributed by atoms with E-state index in [0.717, 1.165) is 42.5 Å². The summed E-state index contributed by atoms with van der Waals surface area (Å²) in [6.45, 7) is 2.05. The van der Waals surface area contributed by atoms with Gasteiger partial charge in [0.2, 0.25) is 5.91 Å². The lowest BCUT2D eigenvalue weighted by atomic mass is 9.94. The van der Waals surface area contributed by atoms with Gasteiger partial charge in [0.15, 0.2) is 0 Å². The molecule has 1 aliphatic heterocycles. The number of piperidine rings is 1. The normalized spacial score (nSPS) is 15.8. The van der Waals surface area contributed by atoms with Crippen LogP contribution in [-0.4, -0.2) is 29.2 Å². The first-order chi connectivity index (χ1) is 9.31. The maximum absolute atomic E-state index is 12.0. The summed E-state index contributed by atoms with van der Waals surface area (Å²) in [5.41, 5.74) is 1.77. The number of halogens is 1. The van der Waals surface area contributed by atoms with E-state index in [1.54, 1.807) is 6.20 Å². The van der Waals surface area contributed by atoms with Gasteiger partial charge in [-0.1, -0.05) is 0 Å². The largest absolute Gasteiger partial charge is 0.326 e. The Bertz CT molecular complexity index is 577. The summed E-state index contributed by atoms with van der Waals surface area (Å²) in [5, 5.41) is 14.2. The lowest BCUT2D eigenvalue weighted by Gasteiger charge is -2.21. The Morgan fingerprint density at radius 3 is 2.95 bits per heavy atom. The average Bonchev–Trinajstić information content (AvgIpc) is 2.87. The van der Waals surface area contributed by atoms with Crippen LogP contribution in [-0.2, 0) is 4.79 Å². The molecule has 2 aromatic rings. The van der Waals surface area contributed by atoms with E-state index in [-0.39, 0.29) is 18.3 Å². The Labute approximate surface area is 123 Å². The minimum Gasteiger partial charge on any atom is -0.326 e. The third-order valence-corrected chi connectivity index (χ3v) is 3.66. The molecule has 1 aromatic carbocycles. The van der Waals surface area contributed by atoms with Crippen LogP contribution in [0.3, 0.4) is 0 Å². The fourth-order valence-corrected chi connectivity index (χ4v) is 2.57. The molecule has 0 radical (unpaired) electrons. The Kier molecular flexibility index (Phi) is 4.98. The van der Waals surface area contributed by atoms with Crippen molar-refractivity contribution >= 4 is 34.9 Å². The van der Waals surface area contributed by atoms with E-state index >= 15 is 0 Å². The summed E-state index contributed by atoms with van der Waals surface area (Å²) in [6.07, 6.45) is 4.57. The van der Waals surface area contributed by atoms with Crippen molar-refractivity contribution in [3.8, 4) is 0 Å². The van der Waals surface area contributed by atoms with Gasteiger partial charge in [0.25, 0.3) is 0 Å². The topological polar surface area (TPSA) is 69.8 Å². The highest BCUT2D eigenvalue weighted by Gasteiger charge is 2.16. The fraction of sp³-hybridized carbons (Fsp3) is 0.429. The van der Waals surface area contributed by atoms with Crippen molar-refractivity contribution in [3.05, 3.63) is 24.4 Å². The predicted octanol–water partition coefficient (Wildman–Crippen LogP) is 2.31. The minimum atomic E-state index is 0. The SMILES string of the molecule is Cl.O=C(CC1CCNCC1)Nc1ccc2cn[nH]c2c1. The Morgan fingerprint density at radius 2 is 2.15 bits per heavy atom. The summed E-state index contributed by atoms with van der Waals surface area (Å²) < 4.78 is 0. The lowest BCUT2D eigenvalue weighted by Crippen LogP contribution is -2.30. The second-order valence-corrected chi connectivity index (χ2v) is 5.12. The number of nitrogens with zero attached hydrogens (tertiary/aromatic N) is 1. The zero-order valence-corrected chi connectivity index (χ0v) is 12.0. The molecule has 1 aliphatic rings. The van der Waals surface area contributed by atoms with Gasteiger partial charge in [0.1, 0.15) is 0 Å². The third-order valence-electron chi connectivity index (χ3n) is 3.66. The van der Waals surface area contributed by atoms with Gasteiger partial charge in [0, 0.05) is 17.5 Å². The molecule has 1 aromatic heterocycles. The van der Waals surface area contributed by atoms with Crippen LogP contribution >= 0.6 is 12.4 Å². The molecule has 0 aliphatic carbocycles. The van der Waals surface area contributed by atoms with E-state index in [2.05, 4.69) is 20.8 Å². The number of nitrogens with one attached hydrogen (secondary N) is 3. The van der Waals surface area contributed by atoms with Gasteiger partial charge >= 0.3 is 0 Å². The van der Waals surface area contributed by atoms with Crippen molar-refractivity contribution < 1.29 is 4.79 Å². The van der Waals surface area contributed by atoms with Crippen LogP contribution in [0.25, 0.3) is 10.9 Å². The summed E-state index contributed by atoms with van der Waals surface area (Å²) in [6, 6.07) is 5.79. The second kappa shape index (κ2) is 6.72. The molecule has 3 N–H and O–H groups in total. The summed E-state index contributed by atoms with van der Waals surface area (Å²) in [4.78, 5) is 12.0. The van der Waals surface area contributed by atoms with Crippen LogP contribution in [0, 0.1) is 5.92 Å². The highest BCUT2D eigenvalue weighted by molar-refractivity contribution is 5.93. The van der Waals surface area contributed by atoms with Crippen molar-refractivity contribution in [2.24, 2.45) is 5.92 Å². The zero-order valence-electron chi connectivity index (χ0n) is 11.2. The highest BCUT2D eigenvalue weighted by atomic mass is 35.5. The molecule has 3 rings (SSSR count). The number of hydrogen-bond acceptors (Lipinski definition) is 3. The van der Waals surface area contributed by atoms with Crippen molar-refractivity contribution in [1.82, 2.24) is 15.5 Å². The number of benzene rings is 1. The molecule has 108 valence electrons. The molecule has 2 heterocycles. The van der Waals surface area contributed by atoms with Crippen molar-refractivity contribution in [1.29, 1.82) is 0 Å². The maximum atomic E-state index is 12.0. The van der Waals surface area contributed by atoms with Crippen LogP contribution in [0.2, 0.25) is 0 Å². The Hall–Kier alpha value is -1.59. The number of fused-ring (bicyclic) bond motifs is 1. The lowest BCUT2D eigenvalue weighted by molar-refractivity contribution is -0.117. The van der Waals surface area contributed by atoms with E-state index in [1.807, 2.05) is 18.2 Å². The first-order valence-corrected chi connectivity index (χ1v) is 6.75. The molecular weight excluding hydrogens is 276 g/mol. The second-order valence-electron chi connectivity index (χ2n) is 5.12. The number of rotatable bonds is 3. The quantitative estimate of drug-likeness (QED) is 0.813. The average molecular weight is 295 g/mol. The Morgan fingerprint density at radius 1 is 1.35 bits per heavy atom. The van der Waals surface area contributed by atoms with Crippen LogP contribution in [0.5, 0.6) is 0 Å². The van der Waals surface area contributed by atoms with Gasteiger partial charge in [-0.05, 0) is 50.0 Å². The molecule has 0 bridgehead atoms. The number of H-pyrrole nitrogens is 1. The smallest absolute Gasteiger partial charge is 0.224 e. The summed E-state index contributed by atoms with van der Waals surface area (Å²) in [7, 11) is 0. The van der Waals surface area contributed by atoms with E-state index in [1.165, 1.54) is 0 Å². The van der Waals surface area contributed by atoms with Crippen LogP contribution in [0.15, 0.2) is 24.4 Å². The van der Waals surface area contributed by atoms with Gasteiger partial charge in [-0.3, -0.25) is 9.89 Å². The van der Waals surface area contributed by atoms with Gasteiger partial charge in [-0.25, -0.2) is 0 Å². The molecule has 5 nitrogen and oxygen atoms in total. The fourth-order valence-electron chi connectivity index (χ4n) is 2.57. The predicted molar refractivity (Wildman–Crippen MR) is 82.2 cm³/mol. The highest BCUT2D eigenvalue weighted by Crippen LogP contribution is 2.19. The van der Waals surface area contributed by atoms with Gasteiger partial charge in [0.05, 0.1) is 11.7 Å². The molecule has 0 unspecified atom stereocenters. The van der Waals surface area contributed by atoms with Crippen LogP contribution in [0.1, 0.15) is 19.3 Å². The number of carbonyl (C=O) groups excluding carboxylic acids is 1. The van der Waals surface area contributed by atoms with Gasteiger partial charge < -0.3 is 10.6 Å². The molecule has 1 amide bonds. The molecule has 20 heavy (non-hydrogen) atoms. The first kappa shape index (κ1) is 14.8. The molecular formula is C14H19ClN4O. The molecule has 0 atom stereocenters. The van der Waals surface area contributed by atoms with E-state index in [0.29, 0.717) is 12.3 Å². The van der Waals surface area contributed by atoms with E-state index in [4.69, 9.17) is 0 Å². The molecule has 1 fully saturated rings. The minimum absolute atomic E-state index is 0. The van der Waals surface area contributed by atoms with Crippen LogP contribution < -0.4 is 10.6 Å². The maximum Gasteiger partial charge on any atom is 0.224 e. The standard InChI is InChI=1S/C14H18N4O.ClH/c19-14(7-10-3-5-15-6-4-10)17-12-2-1-11-9-16-18-13(11)8-12;/h1-2,8-10,15H,3-7H2,(H,16,18)(H,17,19);1H. The number of aromatic amines is 1. The third kappa shape index (κ3) is 3.49. The summed E-state index contributed by atoms with van der Waals surface area (Å²) >= 11 is 0. The number of amides is 1.